The molecule has 29 heavy (non-hydrogen) atoms. The van der Waals surface area contributed by atoms with Gasteiger partial charge in [0.15, 0.2) is 0 Å². The Balaban J connectivity index is 1.86. The van der Waals surface area contributed by atoms with E-state index in [4.69, 9.17) is 9.47 Å². The van der Waals surface area contributed by atoms with Crippen molar-refractivity contribution in [3.05, 3.63) is 71.3 Å². The Morgan fingerprint density at radius 3 is 1.97 bits per heavy atom. The maximum Gasteiger partial charge on any atom is 0.306 e. The van der Waals surface area contributed by atoms with Crippen LogP contribution in [0.4, 0.5) is 8.78 Å². The summed E-state index contributed by atoms with van der Waals surface area (Å²) in [6.45, 7) is 4.39. The molecule has 0 aliphatic rings. The van der Waals surface area contributed by atoms with Gasteiger partial charge in [-0.25, -0.2) is 8.78 Å². The van der Waals surface area contributed by atoms with Gasteiger partial charge in [0.2, 0.25) is 0 Å². The number of unbranched alkanes of at least 4 members (excludes halogenated alkanes) is 2. The van der Waals surface area contributed by atoms with Crippen LogP contribution in [0, 0.1) is 11.6 Å². The molecular formula is C24H30F2O3. The van der Waals surface area contributed by atoms with Crippen LogP contribution in [0.3, 0.4) is 0 Å². The highest BCUT2D eigenvalue weighted by molar-refractivity contribution is 5.69. The zero-order valence-corrected chi connectivity index (χ0v) is 17.2. The first kappa shape index (κ1) is 23.0. The zero-order valence-electron chi connectivity index (χ0n) is 17.2. The molecule has 0 N–H and O–H groups in total. The van der Waals surface area contributed by atoms with Crippen molar-refractivity contribution in [1.82, 2.24) is 0 Å². The van der Waals surface area contributed by atoms with Gasteiger partial charge in [0.1, 0.15) is 17.7 Å². The lowest BCUT2D eigenvalue weighted by Crippen LogP contribution is -2.15. The van der Waals surface area contributed by atoms with E-state index in [1.807, 2.05) is 6.92 Å². The minimum atomic E-state index is -0.458. The molecule has 0 fully saturated rings. The summed E-state index contributed by atoms with van der Waals surface area (Å²) < 4.78 is 37.9. The minimum absolute atomic E-state index is 0.0684. The smallest absolute Gasteiger partial charge is 0.306 e. The number of benzene rings is 2. The van der Waals surface area contributed by atoms with Gasteiger partial charge in [-0.05, 0) is 61.6 Å². The van der Waals surface area contributed by atoms with Crippen molar-refractivity contribution in [2.24, 2.45) is 0 Å². The Morgan fingerprint density at radius 2 is 1.45 bits per heavy atom. The number of hydrogen-bond donors (Lipinski definition) is 0. The van der Waals surface area contributed by atoms with Crippen molar-refractivity contribution >= 4 is 5.97 Å². The predicted octanol–water partition coefficient (Wildman–Crippen LogP) is 6.36. The molecule has 0 saturated heterocycles. The molecule has 2 rings (SSSR count). The molecule has 2 aromatic rings. The summed E-state index contributed by atoms with van der Waals surface area (Å²) >= 11 is 0. The van der Waals surface area contributed by atoms with Crippen LogP contribution in [-0.2, 0) is 14.3 Å². The van der Waals surface area contributed by atoms with Gasteiger partial charge in [0.05, 0.1) is 6.10 Å². The number of halogens is 2. The van der Waals surface area contributed by atoms with E-state index >= 15 is 0 Å². The Kier molecular flexibility index (Phi) is 9.78. The second kappa shape index (κ2) is 12.3. The van der Waals surface area contributed by atoms with E-state index in [1.165, 1.54) is 24.3 Å². The van der Waals surface area contributed by atoms with E-state index < -0.39 is 6.10 Å². The van der Waals surface area contributed by atoms with Crippen LogP contribution in [0.5, 0.6) is 0 Å². The van der Waals surface area contributed by atoms with Crippen molar-refractivity contribution in [2.45, 2.75) is 64.6 Å². The summed E-state index contributed by atoms with van der Waals surface area (Å²) in [7, 11) is 0. The van der Waals surface area contributed by atoms with Crippen LogP contribution in [0.2, 0.25) is 0 Å². The highest BCUT2D eigenvalue weighted by Gasteiger charge is 2.16. The number of esters is 1. The largest absolute Gasteiger partial charge is 0.463 e. The predicted molar refractivity (Wildman–Crippen MR) is 110 cm³/mol. The zero-order chi connectivity index (χ0) is 21.1. The molecule has 0 amide bonds. The maximum atomic E-state index is 13.3. The molecule has 0 heterocycles. The van der Waals surface area contributed by atoms with Crippen LogP contribution in [0.1, 0.15) is 69.6 Å². The summed E-state index contributed by atoms with van der Waals surface area (Å²) in [6, 6.07) is 12.1. The lowest BCUT2D eigenvalue weighted by molar-refractivity contribution is -0.149. The van der Waals surface area contributed by atoms with Gasteiger partial charge in [-0.15, -0.1) is 0 Å². The van der Waals surface area contributed by atoms with Crippen LogP contribution >= 0.6 is 0 Å². The van der Waals surface area contributed by atoms with Crippen LogP contribution in [-0.4, -0.2) is 18.7 Å². The van der Waals surface area contributed by atoms with E-state index in [0.717, 1.165) is 36.8 Å². The molecule has 5 heteroatoms. The minimum Gasteiger partial charge on any atom is -0.463 e. The molecule has 158 valence electrons. The molecule has 2 aromatic carbocycles. The molecular weight excluding hydrogens is 374 g/mol. The number of hydrogen-bond acceptors (Lipinski definition) is 3. The first-order chi connectivity index (χ1) is 14.0. The van der Waals surface area contributed by atoms with Crippen molar-refractivity contribution in [2.75, 3.05) is 6.61 Å². The lowest BCUT2D eigenvalue weighted by Gasteiger charge is -2.19. The lowest BCUT2D eigenvalue weighted by atomic mass is 10.0. The fourth-order valence-electron chi connectivity index (χ4n) is 3.10. The van der Waals surface area contributed by atoms with E-state index in [2.05, 4.69) is 6.92 Å². The van der Waals surface area contributed by atoms with Crippen molar-refractivity contribution in [3.63, 3.8) is 0 Å². The third kappa shape index (κ3) is 8.32. The normalized spacial score (nSPS) is 12.2. The van der Waals surface area contributed by atoms with E-state index in [0.29, 0.717) is 13.0 Å². The molecule has 0 aromatic heterocycles. The highest BCUT2D eigenvalue weighted by Crippen LogP contribution is 2.27. The van der Waals surface area contributed by atoms with Crippen molar-refractivity contribution < 1.29 is 23.0 Å². The summed E-state index contributed by atoms with van der Waals surface area (Å²) in [4.78, 5) is 12.0. The van der Waals surface area contributed by atoms with E-state index in [-0.39, 0.29) is 30.1 Å². The standard InChI is InChI=1S/C24H30F2O3/c1-3-4-5-7-18(2)29-23(27)8-6-17-28-24(19-9-13-21(25)14-10-19)20-11-15-22(26)16-12-20/h9-16,18,24H,3-8,17H2,1-2H3. The number of carbonyl (C=O) groups excluding carboxylic acids is 1. The molecule has 0 saturated carbocycles. The summed E-state index contributed by atoms with van der Waals surface area (Å²) in [6.07, 6.45) is 4.49. The van der Waals surface area contributed by atoms with Gasteiger partial charge in [-0.2, -0.15) is 0 Å². The highest BCUT2D eigenvalue weighted by atomic mass is 19.1. The van der Waals surface area contributed by atoms with Gasteiger partial charge in [0.25, 0.3) is 0 Å². The second-order valence-electron chi connectivity index (χ2n) is 7.25. The molecule has 0 aliphatic heterocycles. The Hall–Kier alpha value is -2.27. The van der Waals surface area contributed by atoms with Crippen molar-refractivity contribution in [3.8, 4) is 0 Å². The molecule has 0 spiro atoms. The number of carbonyl (C=O) groups is 1. The number of ether oxygens (including phenoxy) is 2. The average molecular weight is 404 g/mol. The molecule has 1 unspecified atom stereocenters. The Morgan fingerprint density at radius 1 is 0.897 bits per heavy atom. The van der Waals surface area contributed by atoms with Crippen molar-refractivity contribution in [1.29, 1.82) is 0 Å². The van der Waals surface area contributed by atoms with Crippen LogP contribution in [0.15, 0.2) is 48.5 Å². The summed E-state index contributed by atoms with van der Waals surface area (Å²) in [5.74, 6) is -0.887. The average Bonchev–Trinajstić information content (AvgIpc) is 2.70. The molecule has 3 nitrogen and oxygen atoms in total. The third-order valence-electron chi connectivity index (χ3n) is 4.70. The monoisotopic (exact) mass is 404 g/mol. The molecule has 0 aliphatic carbocycles. The Labute approximate surface area is 172 Å². The fourth-order valence-corrected chi connectivity index (χ4v) is 3.10. The van der Waals surface area contributed by atoms with Gasteiger partial charge < -0.3 is 9.47 Å². The molecule has 1 atom stereocenters. The second-order valence-corrected chi connectivity index (χ2v) is 7.25. The van der Waals surface area contributed by atoms with Gasteiger partial charge >= 0.3 is 5.97 Å². The van der Waals surface area contributed by atoms with Gasteiger partial charge in [-0.1, -0.05) is 44.0 Å². The fraction of sp³-hybridized carbons (Fsp3) is 0.458. The first-order valence-electron chi connectivity index (χ1n) is 10.3. The maximum absolute atomic E-state index is 13.3. The Bertz CT molecular complexity index is 683. The van der Waals surface area contributed by atoms with Gasteiger partial charge in [0, 0.05) is 13.0 Å². The number of rotatable bonds is 12. The quantitative estimate of drug-likeness (QED) is 0.305. The van der Waals surface area contributed by atoms with Gasteiger partial charge in [-0.3, -0.25) is 4.79 Å². The molecule has 0 bridgehead atoms. The molecule has 0 radical (unpaired) electrons. The summed E-state index contributed by atoms with van der Waals surface area (Å²) in [5.41, 5.74) is 1.54. The van der Waals surface area contributed by atoms with E-state index in [9.17, 15) is 13.6 Å². The van der Waals surface area contributed by atoms with Crippen LogP contribution < -0.4 is 0 Å². The topological polar surface area (TPSA) is 35.5 Å². The van der Waals surface area contributed by atoms with Crippen LogP contribution in [0.25, 0.3) is 0 Å². The van der Waals surface area contributed by atoms with E-state index in [1.54, 1.807) is 24.3 Å². The SMILES string of the molecule is CCCCCC(C)OC(=O)CCCOC(c1ccc(F)cc1)c1ccc(F)cc1. The first-order valence-corrected chi connectivity index (χ1v) is 10.3. The third-order valence-corrected chi connectivity index (χ3v) is 4.70. The summed E-state index contributed by atoms with van der Waals surface area (Å²) in [5, 5.41) is 0.